The zero-order chi connectivity index (χ0) is 13.0. The quantitative estimate of drug-likeness (QED) is 0.652. The third-order valence-electron chi connectivity index (χ3n) is 2.84. The first-order chi connectivity index (χ1) is 8.74. The van der Waals surface area contributed by atoms with Gasteiger partial charge in [-0.15, -0.1) is 0 Å². The van der Waals surface area contributed by atoms with Crippen LogP contribution in [0.3, 0.4) is 0 Å². The standard InChI is InChI=1S/C14H19N3S/c1-4-10-18-16-14-11(2)12(3)15-17(14)13-8-6-5-7-9-13/h5-9,16H,4,10H2,1-3H3. The van der Waals surface area contributed by atoms with Crippen molar-refractivity contribution in [3.05, 3.63) is 41.6 Å². The number of nitrogens with zero attached hydrogens (tertiary/aromatic N) is 2. The summed E-state index contributed by atoms with van der Waals surface area (Å²) in [5, 5.41) is 4.60. The molecule has 0 unspecified atom stereocenters. The lowest BCUT2D eigenvalue weighted by Gasteiger charge is -2.09. The molecule has 1 aromatic heterocycles. The highest BCUT2D eigenvalue weighted by Crippen LogP contribution is 2.25. The molecule has 3 nitrogen and oxygen atoms in total. The van der Waals surface area contributed by atoms with E-state index in [9.17, 15) is 0 Å². The number of aromatic nitrogens is 2. The second-order valence-corrected chi connectivity index (χ2v) is 5.16. The van der Waals surface area contributed by atoms with E-state index in [1.807, 2.05) is 29.8 Å². The van der Waals surface area contributed by atoms with Gasteiger partial charge in [-0.05, 0) is 32.4 Å². The summed E-state index contributed by atoms with van der Waals surface area (Å²) in [7, 11) is 0. The number of rotatable bonds is 5. The zero-order valence-electron chi connectivity index (χ0n) is 11.1. The topological polar surface area (TPSA) is 29.9 Å². The molecule has 1 N–H and O–H groups in total. The van der Waals surface area contributed by atoms with Crippen molar-refractivity contribution in [2.24, 2.45) is 0 Å². The minimum absolute atomic E-state index is 1.07. The maximum atomic E-state index is 4.60. The van der Waals surface area contributed by atoms with Gasteiger partial charge in [0.2, 0.25) is 0 Å². The summed E-state index contributed by atoms with van der Waals surface area (Å²) in [6.45, 7) is 6.34. The van der Waals surface area contributed by atoms with E-state index in [4.69, 9.17) is 0 Å². The van der Waals surface area contributed by atoms with E-state index < -0.39 is 0 Å². The summed E-state index contributed by atoms with van der Waals surface area (Å²) in [5.74, 6) is 2.18. The van der Waals surface area contributed by atoms with Crippen LogP contribution in [-0.2, 0) is 0 Å². The van der Waals surface area contributed by atoms with Crippen LogP contribution >= 0.6 is 11.9 Å². The molecule has 0 aliphatic rings. The Morgan fingerprint density at radius 1 is 1.22 bits per heavy atom. The van der Waals surface area contributed by atoms with Gasteiger partial charge in [-0.1, -0.05) is 37.1 Å². The van der Waals surface area contributed by atoms with Crippen LogP contribution in [0.25, 0.3) is 5.69 Å². The molecule has 0 atom stereocenters. The van der Waals surface area contributed by atoms with Crippen molar-refractivity contribution in [3.8, 4) is 5.69 Å². The van der Waals surface area contributed by atoms with Gasteiger partial charge in [-0.2, -0.15) is 5.10 Å². The molecule has 0 amide bonds. The van der Waals surface area contributed by atoms with Gasteiger partial charge in [-0.3, -0.25) is 0 Å². The average Bonchev–Trinajstić information content (AvgIpc) is 2.68. The van der Waals surface area contributed by atoms with Crippen LogP contribution < -0.4 is 4.72 Å². The maximum absolute atomic E-state index is 4.60. The molecule has 0 aliphatic carbocycles. The van der Waals surface area contributed by atoms with Crippen molar-refractivity contribution >= 4 is 17.8 Å². The van der Waals surface area contributed by atoms with Crippen molar-refractivity contribution in [3.63, 3.8) is 0 Å². The second-order valence-electron chi connectivity index (χ2n) is 4.26. The third-order valence-corrected chi connectivity index (χ3v) is 3.79. The monoisotopic (exact) mass is 261 g/mol. The molecule has 0 aliphatic heterocycles. The van der Waals surface area contributed by atoms with Crippen molar-refractivity contribution in [2.45, 2.75) is 27.2 Å². The number of nitrogens with one attached hydrogen (secondary N) is 1. The first-order valence-electron chi connectivity index (χ1n) is 6.23. The lowest BCUT2D eigenvalue weighted by atomic mass is 10.3. The van der Waals surface area contributed by atoms with Gasteiger partial charge in [0.25, 0.3) is 0 Å². The van der Waals surface area contributed by atoms with Crippen molar-refractivity contribution < 1.29 is 0 Å². The summed E-state index contributed by atoms with van der Waals surface area (Å²) in [6, 6.07) is 10.2. The van der Waals surface area contributed by atoms with E-state index in [-0.39, 0.29) is 0 Å². The molecule has 1 heterocycles. The molecular formula is C14H19N3S. The Kier molecular flexibility index (Phi) is 4.31. The van der Waals surface area contributed by atoms with Gasteiger partial charge in [0.05, 0.1) is 11.4 Å². The Balaban J connectivity index is 2.32. The number of benzene rings is 1. The van der Waals surface area contributed by atoms with E-state index >= 15 is 0 Å². The molecule has 18 heavy (non-hydrogen) atoms. The van der Waals surface area contributed by atoms with Gasteiger partial charge < -0.3 is 4.72 Å². The average molecular weight is 261 g/mol. The Labute approximate surface area is 113 Å². The Bertz CT molecular complexity index is 505. The van der Waals surface area contributed by atoms with Crippen molar-refractivity contribution in [1.29, 1.82) is 0 Å². The van der Waals surface area contributed by atoms with Crippen LogP contribution in [0.1, 0.15) is 24.6 Å². The predicted octanol–water partition coefficient (Wildman–Crippen LogP) is 3.96. The Morgan fingerprint density at radius 3 is 2.61 bits per heavy atom. The minimum atomic E-state index is 1.07. The summed E-state index contributed by atoms with van der Waals surface area (Å²) in [4.78, 5) is 0. The highest BCUT2D eigenvalue weighted by atomic mass is 32.2. The van der Waals surface area contributed by atoms with Gasteiger partial charge in [0, 0.05) is 11.3 Å². The van der Waals surface area contributed by atoms with E-state index in [1.54, 1.807) is 11.9 Å². The second kappa shape index (κ2) is 5.96. The van der Waals surface area contributed by atoms with Gasteiger partial charge >= 0.3 is 0 Å². The van der Waals surface area contributed by atoms with Crippen LogP contribution in [0.5, 0.6) is 0 Å². The van der Waals surface area contributed by atoms with Crippen molar-refractivity contribution in [2.75, 3.05) is 10.5 Å². The smallest absolute Gasteiger partial charge is 0.142 e. The zero-order valence-corrected chi connectivity index (χ0v) is 11.9. The van der Waals surface area contributed by atoms with Gasteiger partial charge in [0.15, 0.2) is 0 Å². The Hall–Kier alpha value is -1.42. The minimum Gasteiger partial charge on any atom is -0.314 e. The molecule has 0 saturated carbocycles. The molecule has 96 valence electrons. The summed E-state index contributed by atoms with van der Waals surface area (Å²) in [6.07, 6.45) is 1.16. The molecule has 1 aromatic carbocycles. The van der Waals surface area contributed by atoms with E-state index in [0.29, 0.717) is 0 Å². The lowest BCUT2D eigenvalue weighted by molar-refractivity contribution is 0.872. The molecule has 2 aromatic rings. The van der Waals surface area contributed by atoms with Crippen LogP contribution in [0, 0.1) is 13.8 Å². The lowest BCUT2D eigenvalue weighted by Crippen LogP contribution is -2.02. The van der Waals surface area contributed by atoms with Crippen LogP contribution in [0.15, 0.2) is 30.3 Å². The number of hydrogen-bond acceptors (Lipinski definition) is 3. The van der Waals surface area contributed by atoms with Crippen LogP contribution in [-0.4, -0.2) is 15.5 Å². The highest BCUT2D eigenvalue weighted by molar-refractivity contribution is 8.00. The Morgan fingerprint density at radius 2 is 1.94 bits per heavy atom. The van der Waals surface area contributed by atoms with Gasteiger partial charge in [-0.25, -0.2) is 4.68 Å². The molecule has 0 fully saturated rings. The molecular weight excluding hydrogens is 242 g/mol. The maximum Gasteiger partial charge on any atom is 0.142 e. The summed E-state index contributed by atoms with van der Waals surface area (Å²) >= 11 is 1.73. The fraction of sp³-hybridized carbons (Fsp3) is 0.357. The number of anilines is 1. The van der Waals surface area contributed by atoms with Crippen LogP contribution in [0.4, 0.5) is 5.82 Å². The summed E-state index contributed by atoms with van der Waals surface area (Å²) in [5.41, 5.74) is 3.37. The number of hydrogen-bond donors (Lipinski definition) is 1. The van der Waals surface area contributed by atoms with Crippen molar-refractivity contribution in [1.82, 2.24) is 9.78 Å². The molecule has 4 heteroatoms. The fourth-order valence-electron chi connectivity index (χ4n) is 1.70. The third kappa shape index (κ3) is 2.70. The SMILES string of the molecule is CCCSNc1c(C)c(C)nn1-c1ccccc1. The van der Waals surface area contributed by atoms with E-state index in [1.165, 1.54) is 5.56 Å². The number of para-hydroxylation sites is 1. The highest BCUT2D eigenvalue weighted by Gasteiger charge is 2.12. The molecule has 0 saturated heterocycles. The normalized spacial score (nSPS) is 10.6. The first-order valence-corrected chi connectivity index (χ1v) is 7.22. The fourth-order valence-corrected chi connectivity index (χ4v) is 2.38. The largest absolute Gasteiger partial charge is 0.314 e. The molecule has 0 bridgehead atoms. The predicted molar refractivity (Wildman–Crippen MR) is 79.4 cm³/mol. The van der Waals surface area contributed by atoms with E-state index in [2.05, 4.69) is 35.8 Å². The molecule has 0 spiro atoms. The number of aryl methyl sites for hydroxylation is 1. The van der Waals surface area contributed by atoms with E-state index in [0.717, 1.165) is 29.4 Å². The van der Waals surface area contributed by atoms with Crippen LogP contribution in [0.2, 0.25) is 0 Å². The molecule has 0 radical (unpaired) electrons. The van der Waals surface area contributed by atoms with Gasteiger partial charge in [0.1, 0.15) is 5.82 Å². The first kappa shape index (κ1) is 13.0. The molecule has 2 rings (SSSR count). The summed E-state index contributed by atoms with van der Waals surface area (Å²) < 4.78 is 5.40.